The van der Waals surface area contributed by atoms with Crippen LogP contribution in [-0.4, -0.2) is 63.6 Å². The van der Waals surface area contributed by atoms with Crippen molar-refractivity contribution in [1.29, 1.82) is 0 Å². The van der Waals surface area contributed by atoms with Gasteiger partial charge in [0.2, 0.25) is 0 Å². The minimum Gasteiger partial charge on any atom is -0.456 e. The third-order valence-corrected chi connectivity index (χ3v) is 5.35. The zero-order valence-electron chi connectivity index (χ0n) is 17.4. The van der Waals surface area contributed by atoms with Crippen molar-refractivity contribution >= 4 is 34.1 Å². The highest BCUT2D eigenvalue weighted by Gasteiger charge is 2.46. The monoisotopic (exact) mass is 456 g/mol. The predicted octanol–water partition coefficient (Wildman–Crippen LogP) is 0.453. The van der Waals surface area contributed by atoms with Gasteiger partial charge in [0.05, 0.1) is 17.7 Å². The standard InChI is InChI=1S/C19H24N2O9S/c1-11-5-7-15(8-6-11)31(25,26)21-20-9-16-18(29-13(3)23)19(30-14(4)24)17(10-27-16)28-12(2)22/h5-9,16-19,21H,10H2,1-4H3/b20-9+/t16-,17-,18-,19-/m1/s1. The number of carbonyl (C=O) groups is 3. The first-order chi connectivity index (χ1) is 14.5. The molecule has 4 atom stereocenters. The molecule has 170 valence electrons. The number of ether oxygens (including phenoxy) is 4. The zero-order chi connectivity index (χ0) is 23.2. The van der Waals surface area contributed by atoms with E-state index in [-0.39, 0.29) is 11.5 Å². The molecule has 12 heteroatoms. The first-order valence-electron chi connectivity index (χ1n) is 9.24. The number of rotatable bonds is 7. The van der Waals surface area contributed by atoms with Crippen molar-refractivity contribution in [2.45, 2.75) is 57.0 Å². The Balaban J connectivity index is 2.22. The van der Waals surface area contributed by atoms with E-state index in [4.69, 9.17) is 18.9 Å². The molecule has 0 aliphatic carbocycles. The van der Waals surface area contributed by atoms with E-state index in [2.05, 4.69) is 5.10 Å². The fourth-order valence-electron chi connectivity index (χ4n) is 2.84. The van der Waals surface area contributed by atoms with Gasteiger partial charge in [-0.15, -0.1) is 0 Å². The number of benzene rings is 1. The van der Waals surface area contributed by atoms with Gasteiger partial charge in [0.25, 0.3) is 10.0 Å². The summed E-state index contributed by atoms with van der Waals surface area (Å²) in [6.45, 7) is 5.06. The molecule has 2 rings (SSSR count). The summed E-state index contributed by atoms with van der Waals surface area (Å²) in [6, 6.07) is 6.12. The van der Waals surface area contributed by atoms with E-state index in [1.165, 1.54) is 19.1 Å². The number of sulfonamides is 1. The summed E-state index contributed by atoms with van der Waals surface area (Å²) in [7, 11) is -3.94. The van der Waals surface area contributed by atoms with Gasteiger partial charge >= 0.3 is 17.9 Å². The molecule has 0 radical (unpaired) electrons. The summed E-state index contributed by atoms with van der Waals surface area (Å²) in [6.07, 6.45) is -3.45. The maximum atomic E-state index is 12.3. The summed E-state index contributed by atoms with van der Waals surface area (Å²) in [5.41, 5.74) is 0.890. The maximum Gasteiger partial charge on any atom is 0.303 e. The molecule has 1 aromatic rings. The lowest BCUT2D eigenvalue weighted by Crippen LogP contribution is -2.58. The highest BCUT2D eigenvalue weighted by Crippen LogP contribution is 2.24. The van der Waals surface area contributed by atoms with Crippen LogP contribution in [0.4, 0.5) is 0 Å². The maximum absolute atomic E-state index is 12.3. The molecule has 0 unspecified atom stereocenters. The predicted molar refractivity (Wildman–Crippen MR) is 106 cm³/mol. The first kappa shape index (κ1) is 24.3. The molecular weight excluding hydrogens is 432 g/mol. The van der Waals surface area contributed by atoms with Gasteiger partial charge < -0.3 is 18.9 Å². The number of carbonyl (C=O) groups excluding carboxylic acids is 3. The summed E-state index contributed by atoms with van der Waals surface area (Å²) in [5.74, 6) is -2.06. The number of nitrogens with zero attached hydrogens (tertiary/aromatic N) is 1. The second-order valence-electron chi connectivity index (χ2n) is 6.78. The average molecular weight is 456 g/mol. The van der Waals surface area contributed by atoms with Gasteiger partial charge in [0.1, 0.15) is 6.10 Å². The Morgan fingerprint density at radius 2 is 1.55 bits per heavy atom. The number of hydrogen-bond donors (Lipinski definition) is 1. The third kappa shape index (κ3) is 7.03. The van der Waals surface area contributed by atoms with Crippen molar-refractivity contribution in [3.63, 3.8) is 0 Å². The second-order valence-corrected chi connectivity index (χ2v) is 8.44. The quantitative estimate of drug-likeness (QED) is 0.267. The molecule has 0 aromatic heterocycles. The van der Waals surface area contributed by atoms with Crippen LogP contribution in [0.2, 0.25) is 0 Å². The van der Waals surface area contributed by atoms with Gasteiger partial charge in [-0.2, -0.15) is 13.5 Å². The molecule has 1 aliphatic rings. The third-order valence-electron chi connectivity index (χ3n) is 4.11. The summed E-state index contributed by atoms with van der Waals surface area (Å²) in [5, 5.41) is 3.70. The molecule has 0 spiro atoms. The van der Waals surface area contributed by atoms with Gasteiger partial charge in [-0.25, -0.2) is 4.83 Å². The lowest BCUT2D eigenvalue weighted by Gasteiger charge is -2.39. The van der Waals surface area contributed by atoms with Gasteiger partial charge in [-0.3, -0.25) is 14.4 Å². The molecule has 11 nitrogen and oxygen atoms in total. The Kier molecular flexibility index (Phi) is 8.11. The summed E-state index contributed by atoms with van der Waals surface area (Å²) >= 11 is 0. The van der Waals surface area contributed by atoms with Crippen LogP contribution in [0.1, 0.15) is 26.3 Å². The molecule has 1 aliphatic heterocycles. The van der Waals surface area contributed by atoms with Crippen LogP contribution in [0.15, 0.2) is 34.3 Å². The van der Waals surface area contributed by atoms with E-state index in [0.717, 1.165) is 25.6 Å². The number of hydrogen-bond acceptors (Lipinski definition) is 10. The number of esters is 3. The van der Waals surface area contributed by atoms with Crippen molar-refractivity contribution in [2.24, 2.45) is 5.10 Å². The van der Waals surface area contributed by atoms with Crippen LogP contribution < -0.4 is 4.83 Å². The van der Waals surface area contributed by atoms with Gasteiger partial charge in [0, 0.05) is 20.8 Å². The minimum absolute atomic E-state index is 0.00376. The SMILES string of the molecule is CC(=O)O[C@H]1[C@H](OC(C)=O)[C@H](OC(C)=O)CO[C@@H]1/C=N/NS(=O)(=O)c1ccc(C)cc1. The molecular formula is C19H24N2O9S. The van der Waals surface area contributed by atoms with E-state index < -0.39 is 52.3 Å². The van der Waals surface area contributed by atoms with E-state index in [9.17, 15) is 22.8 Å². The molecule has 1 N–H and O–H groups in total. The second kappa shape index (κ2) is 10.4. The highest BCUT2D eigenvalue weighted by molar-refractivity contribution is 7.89. The lowest BCUT2D eigenvalue weighted by molar-refractivity contribution is -0.215. The van der Waals surface area contributed by atoms with Crippen molar-refractivity contribution in [3.05, 3.63) is 29.8 Å². The van der Waals surface area contributed by atoms with Crippen LogP contribution in [0, 0.1) is 6.92 Å². The molecule has 0 amide bonds. The molecule has 1 aromatic carbocycles. The molecule has 1 heterocycles. The van der Waals surface area contributed by atoms with Crippen LogP contribution in [0.25, 0.3) is 0 Å². The lowest BCUT2D eigenvalue weighted by atomic mass is 10.00. The van der Waals surface area contributed by atoms with Crippen LogP contribution >= 0.6 is 0 Å². The van der Waals surface area contributed by atoms with E-state index in [0.29, 0.717) is 0 Å². The average Bonchev–Trinajstić information content (AvgIpc) is 2.65. The van der Waals surface area contributed by atoms with Crippen LogP contribution in [0.3, 0.4) is 0 Å². The van der Waals surface area contributed by atoms with Crippen molar-refractivity contribution in [3.8, 4) is 0 Å². The first-order valence-corrected chi connectivity index (χ1v) is 10.7. The Morgan fingerprint density at radius 1 is 1.00 bits per heavy atom. The molecule has 31 heavy (non-hydrogen) atoms. The molecule has 0 saturated carbocycles. The number of nitrogens with one attached hydrogen (secondary N) is 1. The highest BCUT2D eigenvalue weighted by atomic mass is 32.2. The summed E-state index contributed by atoms with van der Waals surface area (Å²) < 4.78 is 45.7. The zero-order valence-corrected chi connectivity index (χ0v) is 18.2. The normalized spacial score (nSPS) is 23.7. The van der Waals surface area contributed by atoms with Gasteiger partial charge in [0.15, 0.2) is 18.3 Å². The van der Waals surface area contributed by atoms with Gasteiger partial charge in [-0.1, -0.05) is 17.7 Å². The van der Waals surface area contributed by atoms with E-state index in [1.807, 2.05) is 11.8 Å². The topological polar surface area (TPSA) is 147 Å². The van der Waals surface area contributed by atoms with Gasteiger partial charge in [-0.05, 0) is 19.1 Å². The van der Waals surface area contributed by atoms with Crippen LogP contribution in [0.5, 0.6) is 0 Å². The number of hydrazone groups is 1. The Morgan fingerprint density at radius 3 is 2.10 bits per heavy atom. The van der Waals surface area contributed by atoms with Crippen molar-refractivity contribution < 1.29 is 41.7 Å². The fraction of sp³-hybridized carbons (Fsp3) is 0.474. The smallest absolute Gasteiger partial charge is 0.303 e. The molecule has 1 saturated heterocycles. The Labute approximate surface area is 179 Å². The Hall–Kier alpha value is -2.99. The molecule has 0 bridgehead atoms. The van der Waals surface area contributed by atoms with Crippen LogP contribution in [-0.2, 0) is 43.4 Å². The minimum atomic E-state index is -3.94. The van der Waals surface area contributed by atoms with Crippen molar-refractivity contribution in [2.75, 3.05) is 6.61 Å². The Bertz CT molecular complexity index is 944. The van der Waals surface area contributed by atoms with E-state index >= 15 is 0 Å². The van der Waals surface area contributed by atoms with Crippen molar-refractivity contribution in [1.82, 2.24) is 4.83 Å². The number of aryl methyl sites for hydroxylation is 1. The molecule has 1 fully saturated rings. The fourth-order valence-corrected chi connectivity index (χ4v) is 3.64. The van der Waals surface area contributed by atoms with E-state index in [1.54, 1.807) is 12.1 Å². The largest absolute Gasteiger partial charge is 0.456 e. The summed E-state index contributed by atoms with van der Waals surface area (Å²) in [4.78, 5) is 36.5.